The number of hydrogen-bond donors (Lipinski definition) is 1. The van der Waals surface area contributed by atoms with E-state index in [1.165, 1.54) is 18.2 Å². The van der Waals surface area contributed by atoms with Crippen LogP contribution >= 0.6 is 0 Å². The third-order valence-corrected chi connectivity index (χ3v) is 3.31. The predicted molar refractivity (Wildman–Crippen MR) is 96.5 cm³/mol. The summed E-state index contributed by atoms with van der Waals surface area (Å²) in [5, 5.41) is 10.8. The van der Waals surface area contributed by atoms with E-state index in [9.17, 15) is 18.9 Å². The lowest BCUT2D eigenvalue weighted by Crippen LogP contribution is -2.24. The van der Waals surface area contributed by atoms with Crippen LogP contribution in [0.1, 0.15) is 19.4 Å². The Kier molecular flexibility index (Phi) is 7.52. The minimum Gasteiger partial charge on any atom is -0.391 e. The maximum absolute atomic E-state index is 14.4. The SMILES string of the molecule is C=CCN(Cc1ccc(F)cc1)c1ccc([N+](=O)[O-])c(N)c1F.CC. The van der Waals surface area contributed by atoms with E-state index in [1.54, 1.807) is 23.1 Å². The first-order chi connectivity index (χ1) is 11.9. The molecule has 2 rings (SSSR count). The van der Waals surface area contributed by atoms with Crippen molar-refractivity contribution in [2.45, 2.75) is 20.4 Å². The second-order valence-corrected chi connectivity index (χ2v) is 4.88. The molecule has 0 aliphatic heterocycles. The summed E-state index contributed by atoms with van der Waals surface area (Å²) in [6.45, 7) is 8.19. The van der Waals surface area contributed by atoms with Gasteiger partial charge in [0.25, 0.3) is 5.69 Å². The number of halogens is 2. The molecular weight excluding hydrogens is 328 g/mol. The number of anilines is 2. The lowest BCUT2D eigenvalue weighted by molar-refractivity contribution is -0.384. The van der Waals surface area contributed by atoms with Crippen LogP contribution in [0.3, 0.4) is 0 Å². The van der Waals surface area contributed by atoms with Crippen LogP contribution in [0.4, 0.5) is 25.8 Å². The molecule has 2 aromatic carbocycles. The van der Waals surface area contributed by atoms with E-state index >= 15 is 0 Å². The predicted octanol–water partition coefficient (Wildman–Crippen LogP) is 4.67. The summed E-state index contributed by atoms with van der Waals surface area (Å²) in [5.74, 6) is -1.22. The quantitative estimate of drug-likeness (QED) is 0.356. The minimum atomic E-state index is -0.858. The molecule has 0 atom stereocenters. The number of nitrogen functional groups attached to an aromatic ring is 1. The first-order valence-corrected chi connectivity index (χ1v) is 7.76. The van der Waals surface area contributed by atoms with Crippen molar-refractivity contribution >= 4 is 17.1 Å². The van der Waals surface area contributed by atoms with Crippen molar-refractivity contribution in [3.05, 3.63) is 76.4 Å². The van der Waals surface area contributed by atoms with Gasteiger partial charge < -0.3 is 10.6 Å². The molecule has 0 heterocycles. The van der Waals surface area contributed by atoms with Gasteiger partial charge in [-0.05, 0) is 23.8 Å². The summed E-state index contributed by atoms with van der Waals surface area (Å²) in [6, 6.07) is 8.24. The lowest BCUT2D eigenvalue weighted by Gasteiger charge is -2.24. The molecule has 0 saturated heterocycles. The van der Waals surface area contributed by atoms with Gasteiger partial charge in [0.2, 0.25) is 0 Å². The number of nitro groups is 1. The van der Waals surface area contributed by atoms with Crippen LogP contribution in [0.25, 0.3) is 0 Å². The molecular formula is C18H21F2N3O2. The third-order valence-electron chi connectivity index (χ3n) is 3.31. The number of benzene rings is 2. The summed E-state index contributed by atoms with van der Waals surface area (Å²) in [5.41, 5.74) is 5.40. The van der Waals surface area contributed by atoms with Crippen molar-refractivity contribution in [3.8, 4) is 0 Å². The Morgan fingerprint density at radius 2 is 1.80 bits per heavy atom. The maximum atomic E-state index is 14.4. The summed E-state index contributed by atoms with van der Waals surface area (Å²) in [4.78, 5) is 11.7. The normalized spacial score (nSPS) is 9.76. The highest BCUT2D eigenvalue weighted by Crippen LogP contribution is 2.32. The molecule has 5 nitrogen and oxygen atoms in total. The first kappa shape index (κ1) is 20.1. The van der Waals surface area contributed by atoms with Gasteiger partial charge >= 0.3 is 0 Å². The maximum Gasteiger partial charge on any atom is 0.295 e. The Labute approximate surface area is 145 Å². The van der Waals surface area contributed by atoms with Crippen LogP contribution in [0, 0.1) is 21.7 Å². The first-order valence-electron chi connectivity index (χ1n) is 7.76. The number of nitrogens with zero attached hydrogens (tertiary/aromatic N) is 2. The van der Waals surface area contributed by atoms with Crippen molar-refractivity contribution in [2.75, 3.05) is 17.2 Å². The van der Waals surface area contributed by atoms with Gasteiger partial charge in [-0.2, -0.15) is 0 Å². The van der Waals surface area contributed by atoms with Gasteiger partial charge in [-0.25, -0.2) is 8.78 Å². The van der Waals surface area contributed by atoms with Crippen molar-refractivity contribution in [3.63, 3.8) is 0 Å². The molecule has 0 radical (unpaired) electrons. The topological polar surface area (TPSA) is 72.4 Å². The molecule has 25 heavy (non-hydrogen) atoms. The van der Waals surface area contributed by atoms with E-state index < -0.39 is 22.1 Å². The zero-order valence-electron chi connectivity index (χ0n) is 14.2. The van der Waals surface area contributed by atoms with E-state index in [-0.39, 0.29) is 18.0 Å². The standard InChI is InChI=1S/C16H15F2N3O2.C2H6/c1-2-9-20(10-11-3-5-12(17)6-4-11)13-7-8-14(21(22)23)16(19)15(13)18;1-2/h2-8H,1,9-10,19H2;1-2H3. The van der Waals surface area contributed by atoms with E-state index in [0.29, 0.717) is 6.54 Å². The molecule has 0 amide bonds. The minimum absolute atomic E-state index is 0.123. The Morgan fingerprint density at radius 1 is 1.20 bits per heavy atom. The zero-order valence-corrected chi connectivity index (χ0v) is 14.2. The fourth-order valence-corrected chi connectivity index (χ4v) is 2.19. The zero-order chi connectivity index (χ0) is 19.0. The molecule has 0 aliphatic carbocycles. The van der Waals surface area contributed by atoms with E-state index in [4.69, 9.17) is 5.73 Å². The molecule has 2 aromatic rings. The Morgan fingerprint density at radius 3 is 2.32 bits per heavy atom. The van der Waals surface area contributed by atoms with Crippen molar-refractivity contribution in [2.24, 2.45) is 0 Å². The lowest BCUT2D eigenvalue weighted by atomic mass is 10.1. The number of nitrogens with two attached hydrogens (primary N) is 1. The molecule has 0 saturated carbocycles. The smallest absolute Gasteiger partial charge is 0.295 e. The monoisotopic (exact) mass is 349 g/mol. The van der Waals surface area contributed by atoms with Gasteiger partial charge in [0.15, 0.2) is 5.82 Å². The molecule has 0 unspecified atom stereocenters. The van der Waals surface area contributed by atoms with Crippen LogP contribution < -0.4 is 10.6 Å². The molecule has 7 heteroatoms. The van der Waals surface area contributed by atoms with Crippen LogP contribution in [-0.2, 0) is 6.54 Å². The van der Waals surface area contributed by atoms with Crippen LogP contribution in [0.2, 0.25) is 0 Å². The van der Waals surface area contributed by atoms with Gasteiger partial charge in [-0.3, -0.25) is 10.1 Å². The molecule has 0 fully saturated rings. The molecule has 0 aliphatic rings. The molecule has 0 aromatic heterocycles. The van der Waals surface area contributed by atoms with Crippen molar-refractivity contribution in [1.29, 1.82) is 0 Å². The fraction of sp³-hybridized carbons (Fsp3) is 0.222. The summed E-state index contributed by atoms with van der Waals surface area (Å²) < 4.78 is 27.4. The second kappa shape index (κ2) is 9.36. The van der Waals surface area contributed by atoms with Gasteiger partial charge in [0.1, 0.15) is 11.5 Å². The van der Waals surface area contributed by atoms with Gasteiger partial charge in [0.05, 0.1) is 10.6 Å². The number of nitro benzene ring substituents is 1. The highest BCUT2D eigenvalue weighted by Gasteiger charge is 2.21. The summed E-state index contributed by atoms with van der Waals surface area (Å²) in [7, 11) is 0. The van der Waals surface area contributed by atoms with Crippen LogP contribution in [0.15, 0.2) is 49.1 Å². The summed E-state index contributed by atoms with van der Waals surface area (Å²) in [6.07, 6.45) is 1.57. The van der Waals surface area contributed by atoms with E-state index in [1.807, 2.05) is 13.8 Å². The number of hydrogen-bond acceptors (Lipinski definition) is 4. The van der Waals surface area contributed by atoms with E-state index in [0.717, 1.165) is 11.6 Å². The van der Waals surface area contributed by atoms with Gasteiger partial charge in [-0.15, -0.1) is 6.58 Å². The molecule has 0 spiro atoms. The Bertz CT molecular complexity index is 734. The fourth-order valence-electron chi connectivity index (χ4n) is 2.19. The molecule has 0 bridgehead atoms. The average molecular weight is 349 g/mol. The van der Waals surface area contributed by atoms with Crippen molar-refractivity contribution < 1.29 is 13.7 Å². The van der Waals surface area contributed by atoms with Gasteiger partial charge in [0, 0.05) is 19.2 Å². The molecule has 134 valence electrons. The van der Waals surface area contributed by atoms with E-state index in [2.05, 4.69) is 6.58 Å². The number of rotatable bonds is 6. The second-order valence-electron chi connectivity index (χ2n) is 4.88. The largest absolute Gasteiger partial charge is 0.391 e. The summed E-state index contributed by atoms with van der Waals surface area (Å²) >= 11 is 0. The highest BCUT2D eigenvalue weighted by atomic mass is 19.1. The van der Waals surface area contributed by atoms with Crippen molar-refractivity contribution in [1.82, 2.24) is 0 Å². The Balaban J connectivity index is 0.00000151. The van der Waals surface area contributed by atoms with Crippen LogP contribution in [0.5, 0.6) is 0 Å². The molecule has 2 N–H and O–H groups in total. The van der Waals surface area contributed by atoms with Crippen LogP contribution in [-0.4, -0.2) is 11.5 Å². The highest BCUT2D eigenvalue weighted by molar-refractivity contribution is 5.68. The third kappa shape index (κ3) is 5.00. The average Bonchev–Trinajstić information content (AvgIpc) is 2.60. The Hall–Kier alpha value is -2.96. The van der Waals surface area contributed by atoms with Gasteiger partial charge in [-0.1, -0.05) is 32.1 Å².